The van der Waals surface area contributed by atoms with Crippen molar-refractivity contribution in [1.29, 1.82) is 5.26 Å². The molecule has 4 heteroatoms. The minimum Gasteiger partial charge on any atom is -0.351 e. The lowest BCUT2D eigenvalue weighted by molar-refractivity contribution is 0.0940. The van der Waals surface area contributed by atoms with Crippen LogP contribution in [0, 0.1) is 16.7 Å². The van der Waals surface area contributed by atoms with Gasteiger partial charge in [-0.15, -0.1) is 11.6 Å². The SMILES string of the molecule is CC(C)(CCl)CNC(=O)c1cccc(C#N)c1. The second kappa shape index (κ2) is 5.70. The van der Waals surface area contributed by atoms with Gasteiger partial charge in [-0.2, -0.15) is 5.26 Å². The molecule has 0 aromatic heterocycles. The van der Waals surface area contributed by atoms with Gasteiger partial charge in [0.15, 0.2) is 0 Å². The van der Waals surface area contributed by atoms with Gasteiger partial charge in [0, 0.05) is 18.0 Å². The predicted molar refractivity (Wildman–Crippen MR) is 68.0 cm³/mol. The number of nitriles is 1. The van der Waals surface area contributed by atoms with Gasteiger partial charge in [-0.1, -0.05) is 19.9 Å². The molecule has 0 bridgehead atoms. The smallest absolute Gasteiger partial charge is 0.251 e. The van der Waals surface area contributed by atoms with Crippen molar-refractivity contribution in [2.24, 2.45) is 5.41 Å². The van der Waals surface area contributed by atoms with E-state index in [1.54, 1.807) is 24.3 Å². The number of halogens is 1. The Morgan fingerprint density at radius 3 is 2.82 bits per heavy atom. The molecule has 3 nitrogen and oxygen atoms in total. The molecule has 1 aromatic rings. The quantitative estimate of drug-likeness (QED) is 0.835. The van der Waals surface area contributed by atoms with Gasteiger partial charge in [-0.25, -0.2) is 0 Å². The van der Waals surface area contributed by atoms with Crippen molar-refractivity contribution in [3.8, 4) is 6.07 Å². The molecule has 17 heavy (non-hydrogen) atoms. The summed E-state index contributed by atoms with van der Waals surface area (Å²) in [5.41, 5.74) is 0.841. The average molecular weight is 251 g/mol. The molecule has 0 aliphatic heterocycles. The Morgan fingerprint density at radius 2 is 2.24 bits per heavy atom. The number of hydrogen-bond acceptors (Lipinski definition) is 2. The van der Waals surface area contributed by atoms with Gasteiger partial charge >= 0.3 is 0 Å². The molecular weight excluding hydrogens is 236 g/mol. The Kier molecular flexibility index (Phi) is 4.53. The van der Waals surface area contributed by atoms with Crippen LogP contribution in [-0.4, -0.2) is 18.3 Å². The normalized spacial score (nSPS) is 10.7. The van der Waals surface area contributed by atoms with Crippen LogP contribution in [0.25, 0.3) is 0 Å². The summed E-state index contributed by atoms with van der Waals surface area (Å²) in [5.74, 6) is 0.297. The second-order valence-corrected chi connectivity index (χ2v) is 4.94. The third kappa shape index (κ3) is 4.08. The van der Waals surface area contributed by atoms with Crippen LogP contribution in [-0.2, 0) is 0 Å². The predicted octanol–water partition coefficient (Wildman–Crippen LogP) is 2.55. The first-order valence-corrected chi connectivity index (χ1v) is 5.86. The van der Waals surface area contributed by atoms with Crippen LogP contribution in [0.15, 0.2) is 24.3 Å². The van der Waals surface area contributed by atoms with E-state index >= 15 is 0 Å². The first-order valence-electron chi connectivity index (χ1n) is 5.33. The first kappa shape index (κ1) is 13.5. The maximum atomic E-state index is 11.8. The van der Waals surface area contributed by atoms with Gasteiger partial charge in [-0.3, -0.25) is 4.79 Å². The molecule has 0 unspecified atom stereocenters. The van der Waals surface area contributed by atoms with E-state index in [1.807, 2.05) is 19.9 Å². The van der Waals surface area contributed by atoms with Crippen molar-refractivity contribution in [2.45, 2.75) is 13.8 Å². The minimum atomic E-state index is -0.180. The summed E-state index contributed by atoms with van der Waals surface area (Å²) in [4.78, 5) is 11.8. The zero-order valence-electron chi connectivity index (χ0n) is 9.96. The lowest BCUT2D eigenvalue weighted by Crippen LogP contribution is -2.35. The van der Waals surface area contributed by atoms with Gasteiger partial charge in [-0.05, 0) is 23.6 Å². The zero-order valence-corrected chi connectivity index (χ0v) is 10.7. The van der Waals surface area contributed by atoms with E-state index in [-0.39, 0.29) is 11.3 Å². The number of benzene rings is 1. The fourth-order valence-electron chi connectivity index (χ4n) is 1.20. The molecule has 0 atom stereocenters. The van der Waals surface area contributed by atoms with E-state index in [4.69, 9.17) is 16.9 Å². The fraction of sp³-hybridized carbons (Fsp3) is 0.385. The Hall–Kier alpha value is -1.53. The first-order chi connectivity index (χ1) is 7.98. The van der Waals surface area contributed by atoms with Gasteiger partial charge in [0.25, 0.3) is 5.91 Å². The number of alkyl halides is 1. The van der Waals surface area contributed by atoms with Crippen LogP contribution >= 0.6 is 11.6 Å². The van der Waals surface area contributed by atoms with Gasteiger partial charge in [0.1, 0.15) is 0 Å². The maximum Gasteiger partial charge on any atom is 0.251 e. The summed E-state index contributed by atoms with van der Waals surface area (Å²) >= 11 is 5.78. The minimum absolute atomic E-state index is 0.135. The average Bonchev–Trinajstić information content (AvgIpc) is 2.36. The number of nitrogens with zero attached hydrogens (tertiary/aromatic N) is 1. The van der Waals surface area contributed by atoms with E-state index in [1.165, 1.54) is 0 Å². The monoisotopic (exact) mass is 250 g/mol. The highest BCUT2D eigenvalue weighted by Gasteiger charge is 2.17. The molecule has 0 saturated carbocycles. The maximum absolute atomic E-state index is 11.8. The van der Waals surface area contributed by atoms with E-state index < -0.39 is 0 Å². The molecule has 0 fully saturated rings. The van der Waals surface area contributed by atoms with Crippen molar-refractivity contribution >= 4 is 17.5 Å². The van der Waals surface area contributed by atoms with Crippen molar-refractivity contribution in [3.63, 3.8) is 0 Å². The largest absolute Gasteiger partial charge is 0.351 e. The molecule has 0 aliphatic carbocycles. The molecular formula is C13H15ClN2O. The van der Waals surface area contributed by atoms with Crippen LogP contribution in [0.2, 0.25) is 0 Å². The third-order valence-corrected chi connectivity index (χ3v) is 3.07. The lowest BCUT2D eigenvalue weighted by Gasteiger charge is -2.21. The molecule has 0 aliphatic rings. The van der Waals surface area contributed by atoms with Crippen molar-refractivity contribution < 1.29 is 4.79 Å². The number of hydrogen-bond donors (Lipinski definition) is 1. The fourth-order valence-corrected chi connectivity index (χ4v) is 1.29. The third-order valence-electron chi connectivity index (χ3n) is 2.34. The molecule has 1 N–H and O–H groups in total. The lowest BCUT2D eigenvalue weighted by atomic mass is 9.96. The van der Waals surface area contributed by atoms with Crippen molar-refractivity contribution in [2.75, 3.05) is 12.4 Å². The Bertz CT molecular complexity index is 449. The molecule has 0 heterocycles. The van der Waals surface area contributed by atoms with E-state index in [2.05, 4.69) is 5.32 Å². The van der Waals surface area contributed by atoms with Crippen LogP contribution < -0.4 is 5.32 Å². The molecule has 1 aromatic carbocycles. The van der Waals surface area contributed by atoms with Crippen molar-refractivity contribution in [3.05, 3.63) is 35.4 Å². The highest BCUT2D eigenvalue weighted by Crippen LogP contribution is 2.15. The second-order valence-electron chi connectivity index (χ2n) is 4.67. The van der Waals surface area contributed by atoms with Crippen LogP contribution in [0.1, 0.15) is 29.8 Å². The van der Waals surface area contributed by atoms with Gasteiger partial charge < -0.3 is 5.32 Å². The summed E-state index contributed by atoms with van der Waals surface area (Å²) in [7, 11) is 0. The van der Waals surface area contributed by atoms with Crippen LogP contribution in [0.5, 0.6) is 0 Å². The Balaban J connectivity index is 2.68. The zero-order chi connectivity index (χ0) is 12.9. The van der Waals surface area contributed by atoms with E-state index in [0.29, 0.717) is 23.6 Å². The van der Waals surface area contributed by atoms with Crippen LogP contribution in [0.4, 0.5) is 0 Å². The number of nitrogens with one attached hydrogen (secondary N) is 1. The van der Waals surface area contributed by atoms with Gasteiger partial charge in [0.05, 0.1) is 11.6 Å². The molecule has 1 rings (SSSR count). The highest BCUT2D eigenvalue weighted by atomic mass is 35.5. The summed E-state index contributed by atoms with van der Waals surface area (Å²) in [6.07, 6.45) is 0. The topological polar surface area (TPSA) is 52.9 Å². The van der Waals surface area contributed by atoms with E-state index in [0.717, 1.165) is 0 Å². The molecule has 0 spiro atoms. The van der Waals surface area contributed by atoms with E-state index in [9.17, 15) is 4.79 Å². The van der Waals surface area contributed by atoms with Gasteiger partial charge in [0.2, 0.25) is 0 Å². The number of carbonyl (C=O) groups is 1. The summed E-state index contributed by atoms with van der Waals surface area (Å²) in [5, 5.41) is 11.6. The molecule has 90 valence electrons. The summed E-state index contributed by atoms with van der Waals surface area (Å²) in [6.45, 7) is 4.46. The summed E-state index contributed by atoms with van der Waals surface area (Å²) in [6, 6.07) is 8.62. The molecule has 0 saturated heterocycles. The Morgan fingerprint density at radius 1 is 1.53 bits per heavy atom. The summed E-state index contributed by atoms with van der Waals surface area (Å²) < 4.78 is 0. The van der Waals surface area contributed by atoms with Crippen LogP contribution in [0.3, 0.4) is 0 Å². The number of carbonyl (C=O) groups excluding carboxylic acids is 1. The van der Waals surface area contributed by atoms with Crippen molar-refractivity contribution in [1.82, 2.24) is 5.32 Å². The molecule has 1 amide bonds. The number of amides is 1. The highest BCUT2D eigenvalue weighted by molar-refractivity contribution is 6.18. The number of rotatable bonds is 4. The standard InChI is InChI=1S/C13H15ClN2O/c1-13(2,8-14)9-16-12(17)11-5-3-4-10(6-11)7-15/h3-6H,8-9H2,1-2H3,(H,16,17). The molecule has 0 radical (unpaired) electrons. The Labute approximate surface area is 106 Å².